The number of ether oxygens (including phenoxy) is 2. The molecule has 7 nitrogen and oxygen atoms in total. The van der Waals surface area contributed by atoms with Gasteiger partial charge in [-0.1, -0.05) is 175 Å². The number of aliphatic hydroxyl groups is 2. The van der Waals surface area contributed by atoms with Crippen LogP contribution in [-0.2, 0) is 19.1 Å². The molecule has 1 heterocycles. The summed E-state index contributed by atoms with van der Waals surface area (Å²) in [6.07, 6.45) is 30.4. The molecule has 1 amide bonds. The summed E-state index contributed by atoms with van der Waals surface area (Å²) < 4.78 is 11.4. The number of aliphatic hydroxyl groups excluding tert-OH is 2. The summed E-state index contributed by atoms with van der Waals surface area (Å²) in [4.78, 5) is 25.6. The highest BCUT2D eigenvalue weighted by Gasteiger charge is 2.45. The predicted molar refractivity (Wildman–Crippen MR) is 190 cm³/mol. The molecular weight excluding hydrogens is 578 g/mol. The largest absolute Gasteiger partial charge is 0.460 e. The third-order valence-electron chi connectivity index (χ3n) is 9.85. The van der Waals surface area contributed by atoms with E-state index >= 15 is 0 Å². The minimum Gasteiger partial charge on any atom is -0.460 e. The highest BCUT2D eigenvalue weighted by atomic mass is 16.6. The molecule has 5 atom stereocenters. The van der Waals surface area contributed by atoms with Crippen molar-refractivity contribution in [2.75, 3.05) is 6.61 Å². The first-order chi connectivity index (χ1) is 22.4. The van der Waals surface area contributed by atoms with Crippen LogP contribution in [0.3, 0.4) is 0 Å². The van der Waals surface area contributed by atoms with Crippen molar-refractivity contribution in [2.24, 2.45) is 5.92 Å². The summed E-state index contributed by atoms with van der Waals surface area (Å²) in [6, 6.07) is -0.845. The van der Waals surface area contributed by atoms with E-state index in [2.05, 4.69) is 19.2 Å². The van der Waals surface area contributed by atoms with Crippen LogP contribution in [0.2, 0.25) is 0 Å². The molecule has 1 aliphatic heterocycles. The molecule has 0 aromatic heterocycles. The number of amides is 1. The van der Waals surface area contributed by atoms with E-state index in [1.54, 1.807) is 0 Å². The lowest BCUT2D eigenvalue weighted by molar-refractivity contribution is -0.241. The van der Waals surface area contributed by atoms with Crippen LogP contribution < -0.4 is 5.32 Å². The number of nitrogens with one attached hydrogen (secondary N) is 1. The van der Waals surface area contributed by atoms with Gasteiger partial charge in [-0.05, 0) is 12.8 Å². The van der Waals surface area contributed by atoms with Crippen LogP contribution in [0.4, 0.5) is 0 Å². The van der Waals surface area contributed by atoms with Gasteiger partial charge in [0, 0.05) is 18.8 Å². The van der Waals surface area contributed by atoms with Crippen LogP contribution in [0, 0.1) is 5.92 Å². The number of unbranched alkanes of at least 4 members (excludes halogenated alkanes) is 24. The minimum absolute atomic E-state index is 0.164. The first-order valence-electron chi connectivity index (χ1n) is 19.9. The molecule has 1 aliphatic rings. The Morgan fingerprint density at radius 1 is 0.609 bits per heavy atom. The first-order valence-corrected chi connectivity index (χ1v) is 19.9. The van der Waals surface area contributed by atoms with E-state index in [0.717, 1.165) is 38.5 Å². The van der Waals surface area contributed by atoms with Gasteiger partial charge in [-0.3, -0.25) is 9.59 Å². The third kappa shape index (κ3) is 21.6. The van der Waals surface area contributed by atoms with E-state index in [0.29, 0.717) is 12.8 Å². The number of rotatable bonds is 31. The maximum atomic E-state index is 12.8. The lowest BCUT2D eigenvalue weighted by Gasteiger charge is -2.43. The summed E-state index contributed by atoms with van der Waals surface area (Å²) >= 11 is 0. The Labute approximate surface area is 283 Å². The quantitative estimate of drug-likeness (QED) is 0.0508. The molecule has 1 rings (SSSR count). The van der Waals surface area contributed by atoms with Crippen molar-refractivity contribution >= 4 is 11.9 Å². The van der Waals surface area contributed by atoms with Crippen LogP contribution in [0.1, 0.15) is 201 Å². The number of esters is 1. The highest BCUT2D eigenvalue weighted by Crippen LogP contribution is 2.28. The zero-order valence-electron chi connectivity index (χ0n) is 30.4. The molecule has 7 heteroatoms. The molecule has 0 radical (unpaired) electrons. The van der Waals surface area contributed by atoms with Crippen molar-refractivity contribution in [3.63, 3.8) is 0 Å². The maximum absolute atomic E-state index is 12.8. The molecule has 0 spiro atoms. The van der Waals surface area contributed by atoms with Gasteiger partial charge in [0.25, 0.3) is 0 Å². The number of carbonyl (C=O) groups is 2. The fraction of sp³-hybridized carbons (Fsp3) is 0.949. The van der Waals surface area contributed by atoms with Crippen LogP contribution in [0.15, 0.2) is 0 Å². The predicted octanol–water partition coefficient (Wildman–Crippen LogP) is 9.69. The Kier molecular flexibility index (Phi) is 27.9. The second-order valence-corrected chi connectivity index (χ2v) is 14.1. The Hall–Kier alpha value is -1.18. The smallest absolute Gasteiger partial charge is 0.306 e. The van der Waals surface area contributed by atoms with Crippen LogP contribution in [0.25, 0.3) is 0 Å². The van der Waals surface area contributed by atoms with Crippen molar-refractivity contribution in [3.05, 3.63) is 0 Å². The zero-order chi connectivity index (χ0) is 33.7. The third-order valence-corrected chi connectivity index (χ3v) is 9.85. The molecule has 46 heavy (non-hydrogen) atoms. The number of carbonyl (C=O) groups excluding carboxylic acids is 2. The van der Waals surface area contributed by atoms with Crippen molar-refractivity contribution in [2.45, 2.75) is 225 Å². The van der Waals surface area contributed by atoms with E-state index in [-0.39, 0.29) is 24.4 Å². The maximum Gasteiger partial charge on any atom is 0.306 e. The molecule has 0 aliphatic carbocycles. The van der Waals surface area contributed by atoms with E-state index in [1.807, 2.05) is 6.92 Å². The summed E-state index contributed by atoms with van der Waals surface area (Å²) in [6.45, 7) is 6.06. The minimum atomic E-state index is -1.34. The SMILES string of the molecule is CCCCCCCCCCCCCCCCCC(=O)N[C@H]1C(O)O[C@H](CO)[C@@H](C)[C@@H]1OC(=O)CCCCCCCCCCCCC. The van der Waals surface area contributed by atoms with Crippen molar-refractivity contribution in [3.8, 4) is 0 Å². The molecule has 0 aromatic rings. The van der Waals surface area contributed by atoms with Gasteiger partial charge in [0.2, 0.25) is 5.91 Å². The van der Waals surface area contributed by atoms with Crippen LogP contribution in [0.5, 0.6) is 0 Å². The Morgan fingerprint density at radius 2 is 0.978 bits per heavy atom. The molecular formula is C39H75NO6. The summed E-state index contributed by atoms with van der Waals surface area (Å²) in [5.41, 5.74) is 0. The first kappa shape index (κ1) is 42.8. The van der Waals surface area contributed by atoms with Gasteiger partial charge in [-0.2, -0.15) is 0 Å². The van der Waals surface area contributed by atoms with Crippen LogP contribution in [-0.4, -0.2) is 53.2 Å². The molecule has 272 valence electrons. The average Bonchev–Trinajstić information content (AvgIpc) is 3.04. The van der Waals surface area contributed by atoms with E-state index in [9.17, 15) is 19.8 Å². The zero-order valence-corrected chi connectivity index (χ0v) is 30.4. The fourth-order valence-electron chi connectivity index (χ4n) is 6.69. The van der Waals surface area contributed by atoms with Gasteiger partial charge in [-0.15, -0.1) is 0 Å². The van der Waals surface area contributed by atoms with Gasteiger partial charge in [0.15, 0.2) is 6.29 Å². The van der Waals surface area contributed by atoms with Gasteiger partial charge >= 0.3 is 5.97 Å². The van der Waals surface area contributed by atoms with Crippen LogP contribution >= 0.6 is 0 Å². The molecule has 3 N–H and O–H groups in total. The Balaban J connectivity index is 2.24. The van der Waals surface area contributed by atoms with Crippen molar-refractivity contribution in [1.82, 2.24) is 5.32 Å². The summed E-state index contributed by atoms with van der Waals surface area (Å²) in [7, 11) is 0. The van der Waals surface area contributed by atoms with E-state index < -0.39 is 24.5 Å². The fourth-order valence-corrected chi connectivity index (χ4v) is 6.69. The topological polar surface area (TPSA) is 105 Å². The van der Waals surface area contributed by atoms with Gasteiger partial charge < -0.3 is 25.0 Å². The second-order valence-electron chi connectivity index (χ2n) is 14.1. The normalized spacial score (nSPS) is 21.4. The van der Waals surface area contributed by atoms with E-state index in [4.69, 9.17) is 9.47 Å². The Morgan fingerprint density at radius 3 is 1.37 bits per heavy atom. The van der Waals surface area contributed by atoms with Crippen molar-refractivity contribution in [1.29, 1.82) is 0 Å². The number of hydrogen-bond donors (Lipinski definition) is 3. The molecule has 0 saturated carbocycles. The molecule has 0 aromatic carbocycles. The van der Waals surface area contributed by atoms with E-state index in [1.165, 1.54) is 128 Å². The second kappa shape index (κ2) is 29.9. The summed E-state index contributed by atoms with van der Waals surface area (Å²) in [5, 5.41) is 23.3. The average molecular weight is 654 g/mol. The highest BCUT2D eigenvalue weighted by molar-refractivity contribution is 5.76. The van der Waals surface area contributed by atoms with Gasteiger partial charge in [0.05, 0.1) is 12.7 Å². The standard InChI is InChI=1S/C39H75NO6/c1-4-6-8-10-12-14-16-17-18-19-21-22-24-26-28-30-35(42)40-37-38(33(3)34(32-41)45-39(37)44)46-36(43)31-29-27-25-23-20-15-13-11-9-7-5-2/h33-34,37-39,41,44H,4-32H2,1-3H3,(H,40,42)/t33-,34-,37-,38+,39?/m1/s1. The molecule has 0 bridgehead atoms. The van der Waals surface area contributed by atoms with Gasteiger partial charge in [-0.25, -0.2) is 0 Å². The molecule has 1 saturated heterocycles. The lowest BCUT2D eigenvalue weighted by atomic mass is 9.89. The summed E-state index contributed by atoms with van der Waals surface area (Å²) in [5.74, 6) is -0.839. The van der Waals surface area contributed by atoms with Crippen molar-refractivity contribution < 1.29 is 29.3 Å². The molecule has 1 unspecified atom stereocenters. The number of hydrogen-bond acceptors (Lipinski definition) is 6. The Bertz CT molecular complexity index is 719. The monoisotopic (exact) mass is 654 g/mol. The lowest BCUT2D eigenvalue weighted by Crippen LogP contribution is -2.62. The molecule has 1 fully saturated rings. The van der Waals surface area contributed by atoms with Gasteiger partial charge in [0.1, 0.15) is 12.1 Å².